The van der Waals surface area contributed by atoms with Crippen molar-refractivity contribution < 1.29 is 23.2 Å². The fourth-order valence-corrected chi connectivity index (χ4v) is 7.74. The summed E-state index contributed by atoms with van der Waals surface area (Å²) in [6.45, 7) is 7.43. The minimum absolute atomic E-state index is 0.155. The van der Waals surface area contributed by atoms with Crippen LogP contribution in [0, 0.1) is 12.3 Å². The van der Waals surface area contributed by atoms with Gasteiger partial charge in [0.15, 0.2) is 0 Å². The second-order valence-electron chi connectivity index (χ2n) is 11.6. The van der Waals surface area contributed by atoms with Crippen LogP contribution < -0.4 is 0 Å². The lowest BCUT2D eigenvalue weighted by molar-refractivity contribution is -0.137. The van der Waals surface area contributed by atoms with Gasteiger partial charge >= 0.3 is 5.97 Å². The molecule has 0 unspecified atom stereocenters. The minimum atomic E-state index is -3.64. The van der Waals surface area contributed by atoms with Crippen molar-refractivity contribution in [3.63, 3.8) is 0 Å². The van der Waals surface area contributed by atoms with E-state index in [1.165, 1.54) is 0 Å². The standard InChI is InChI=1S/C31H37N3O5S/c1-22-25(17-24-13-7-8-14-28(24)40(37,38)33-15-9-10-16-33)30-26(32-39-21-23-11-5-4-6-12-23)18-31(2,3)19-27(30)34(22)20-29(35)36/h4-8,11-14H,9-10,15-21H2,1-3H3,(H,35,36)/b32-26+. The van der Waals surface area contributed by atoms with Crippen LogP contribution >= 0.6 is 0 Å². The van der Waals surface area contributed by atoms with Crippen LogP contribution in [0.15, 0.2) is 64.6 Å². The molecule has 212 valence electrons. The zero-order chi connectivity index (χ0) is 28.5. The first-order valence-electron chi connectivity index (χ1n) is 13.8. The molecule has 9 heteroatoms. The third kappa shape index (κ3) is 5.71. The third-order valence-corrected chi connectivity index (χ3v) is 9.90. The Bertz CT molecular complexity index is 1530. The zero-order valence-electron chi connectivity index (χ0n) is 23.4. The fourth-order valence-electron chi connectivity index (χ4n) is 6.00. The number of rotatable bonds is 9. The molecule has 1 aliphatic carbocycles. The number of carbonyl (C=O) groups is 1. The van der Waals surface area contributed by atoms with E-state index in [1.807, 2.05) is 54.0 Å². The topological polar surface area (TPSA) is 101 Å². The van der Waals surface area contributed by atoms with Crippen molar-refractivity contribution in [2.24, 2.45) is 10.6 Å². The molecule has 1 aromatic heterocycles. The average molecular weight is 564 g/mol. The summed E-state index contributed by atoms with van der Waals surface area (Å²) in [5.41, 5.74) is 5.83. The number of carboxylic acid groups (broad SMARTS) is 1. The van der Waals surface area contributed by atoms with E-state index in [-0.39, 0.29) is 12.0 Å². The van der Waals surface area contributed by atoms with Crippen molar-refractivity contribution in [3.05, 3.63) is 88.2 Å². The van der Waals surface area contributed by atoms with Gasteiger partial charge in [-0.25, -0.2) is 8.42 Å². The van der Waals surface area contributed by atoms with Gasteiger partial charge in [-0.2, -0.15) is 4.31 Å². The number of sulfonamides is 1. The summed E-state index contributed by atoms with van der Waals surface area (Å²) in [5, 5.41) is 14.4. The normalized spacial score (nSPS) is 18.1. The number of benzene rings is 2. The van der Waals surface area contributed by atoms with Gasteiger partial charge < -0.3 is 14.5 Å². The monoisotopic (exact) mass is 563 g/mol. The van der Waals surface area contributed by atoms with Crippen LogP contribution in [0.25, 0.3) is 0 Å². The van der Waals surface area contributed by atoms with Crippen molar-refractivity contribution in [1.82, 2.24) is 8.87 Å². The molecule has 1 saturated heterocycles. The van der Waals surface area contributed by atoms with E-state index in [2.05, 4.69) is 19.0 Å². The number of aliphatic carboxylic acids is 1. The number of carboxylic acids is 1. The van der Waals surface area contributed by atoms with E-state index < -0.39 is 16.0 Å². The highest BCUT2D eigenvalue weighted by molar-refractivity contribution is 7.89. The largest absolute Gasteiger partial charge is 0.480 e. The van der Waals surface area contributed by atoms with Crippen LogP contribution in [-0.4, -0.2) is 47.2 Å². The minimum Gasteiger partial charge on any atom is -0.480 e. The van der Waals surface area contributed by atoms with Gasteiger partial charge in [0.1, 0.15) is 13.2 Å². The zero-order valence-corrected chi connectivity index (χ0v) is 24.2. The number of oxime groups is 1. The highest BCUT2D eigenvalue weighted by Crippen LogP contribution is 2.40. The summed E-state index contributed by atoms with van der Waals surface area (Å²) in [4.78, 5) is 18.1. The SMILES string of the molecule is Cc1c(Cc2ccccc2S(=O)(=O)N2CCCC2)c2c(n1CC(=O)O)CC(C)(C)C/C2=N\OCc1ccccc1. The molecular weight excluding hydrogens is 526 g/mol. The first-order chi connectivity index (χ1) is 19.1. The Morgan fingerprint density at radius 1 is 1.02 bits per heavy atom. The number of aromatic nitrogens is 1. The third-order valence-electron chi connectivity index (χ3n) is 7.90. The van der Waals surface area contributed by atoms with E-state index >= 15 is 0 Å². The Balaban J connectivity index is 1.60. The van der Waals surface area contributed by atoms with Crippen molar-refractivity contribution in [1.29, 1.82) is 0 Å². The predicted molar refractivity (Wildman–Crippen MR) is 154 cm³/mol. The van der Waals surface area contributed by atoms with Gasteiger partial charge in [0.25, 0.3) is 0 Å². The highest BCUT2D eigenvalue weighted by Gasteiger charge is 2.37. The quantitative estimate of drug-likeness (QED) is 0.363. The maximum Gasteiger partial charge on any atom is 0.323 e. The molecule has 8 nitrogen and oxygen atoms in total. The molecular formula is C31H37N3O5S. The Hall–Kier alpha value is -3.43. The fraction of sp³-hybridized carbons (Fsp3) is 0.419. The van der Waals surface area contributed by atoms with Crippen LogP contribution in [0.5, 0.6) is 0 Å². The molecule has 1 fully saturated rings. The molecule has 0 radical (unpaired) electrons. The second-order valence-corrected chi connectivity index (χ2v) is 13.5. The van der Waals surface area contributed by atoms with Crippen LogP contribution in [0.2, 0.25) is 0 Å². The lowest BCUT2D eigenvalue weighted by Crippen LogP contribution is -2.30. The van der Waals surface area contributed by atoms with Crippen molar-refractivity contribution in [3.8, 4) is 0 Å². The molecule has 1 aliphatic heterocycles. The molecule has 40 heavy (non-hydrogen) atoms. The van der Waals surface area contributed by atoms with Gasteiger partial charge in [-0.1, -0.05) is 67.5 Å². The van der Waals surface area contributed by atoms with E-state index in [1.54, 1.807) is 16.4 Å². The van der Waals surface area contributed by atoms with Crippen LogP contribution in [0.3, 0.4) is 0 Å². The van der Waals surface area contributed by atoms with Crippen molar-refractivity contribution in [2.45, 2.75) is 70.9 Å². The van der Waals surface area contributed by atoms with E-state index in [9.17, 15) is 18.3 Å². The summed E-state index contributed by atoms with van der Waals surface area (Å²) in [6.07, 6.45) is 3.42. The molecule has 0 bridgehead atoms. The highest BCUT2D eigenvalue weighted by atomic mass is 32.2. The maximum absolute atomic E-state index is 13.6. The average Bonchev–Trinajstić information content (AvgIpc) is 3.54. The maximum atomic E-state index is 13.6. The lowest BCUT2D eigenvalue weighted by Gasteiger charge is -2.31. The second kappa shape index (κ2) is 11.2. The smallest absolute Gasteiger partial charge is 0.323 e. The van der Waals surface area contributed by atoms with Gasteiger partial charge in [-0.3, -0.25) is 4.79 Å². The van der Waals surface area contributed by atoms with E-state index in [4.69, 9.17) is 4.84 Å². The Kier molecular flexibility index (Phi) is 7.88. The van der Waals surface area contributed by atoms with Crippen molar-refractivity contribution >= 4 is 21.7 Å². The Morgan fingerprint density at radius 2 is 1.70 bits per heavy atom. The molecule has 0 amide bonds. The van der Waals surface area contributed by atoms with Gasteiger partial charge in [-0.05, 0) is 60.8 Å². The number of hydrogen-bond donors (Lipinski definition) is 1. The number of fused-ring (bicyclic) bond motifs is 1. The summed E-state index contributed by atoms with van der Waals surface area (Å²) < 4.78 is 30.6. The summed E-state index contributed by atoms with van der Waals surface area (Å²) in [6, 6.07) is 17.0. The number of hydrogen-bond acceptors (Lipinski definition) is 5. The van der Waals surface area contributed by atoms with Gasteiger partial charge in [0.2, 0.25) is 10.0 Å². The Morgan fingerprint density at radius 3 is 2.40 bits per heavy atom. The molecule has 0 atom stereocenters. The van der Waals surface area contributed by atoms with Crippen molar-refractivity contribution in [2.75, 3.05) is 13.1 Å². The lowest BCUT2D eigenvalue weighted by atomic mass is 9.74. The summed E-state index contributed by atoms with van der Waals surface area (Å²) in [5.74, 6) is -0.924. The molecule has 3 aromatic rings. The molecule has 5 rings (SSSR count). The molecule has 2 heterocycles. The predicted octanol–water partition coefficient (Wildman–Crippen LogP) is 5.15. The molecule has 2 aromatic carbocycles. The number of nitrogens with zero attached hydrogens (tertiary/aromatic N) is 3. The van der Waals surface area contributed by atoms with Crippen LogP contribution in [-0.2, 0) is 45.6 Å². The van der Waals surface area contributed by atoms with Crippen LogP contribution in [0.4, 0.5) is 0 Å². The van der Waals surface area contributed by atoms with Gasteiger partial charge in [0, 0.05) is 36.5 Å². The molecule has 0 spiro atoms. The molecule has 0 saturated carbocycles. The first-order valence-corrected chi connectivity index (χ1v) is 15.2. The summed E-state index contributed by atoms with van der Waals surface area (Å²) in [7, 11) is -3.64. The molecule has 1 N–H and O–H groups in total. The van der Waals surface area contributed by atoms with E-state index in [0.717, 1.165) is 46.6 Å². The Labute approximate surface area is 236 Å². The molecule has 2 aliphatic rings. The van der Waals surface area contributed by atoms with E-state index in [0.29, 0.717) is 49.4 Å². The first kappa shape index (κ1) is 28.1. The van der Waals surface area contributed by atoms with Gasteiger partial charge in [-0.15, -0.1) is 0 Å². The van der Waals surface area contributed by atoms with Crippen LogP contribution in [0.1, 0.15) is 66.8 Å². The summed E-state index contributed by atoms with van der Waals surface area (Å²) >= 11 is 0. The van der Waals surface area contributed by atoms with Gasteiger partial charge in [0.05, 0.1) is 10.6 Å².